The Hall–Kier alpha value is -3.54. The summed E-state index contributed by atoms with van der Waals surface area (Å²) in [7, 11) is 0. The largest absolute Gasteiger partial charge is 0.353 e. The van der Waals surface area contributed by atoms with E-state index < -0.39 is 5.41 Å². The van der Waals surface area contributed by atoms with E-state index in [1.807, 2.05) is 13.8 Å². The zero-order chi connectivity index (χ0) is 33.0. The van der Waals surface area contributed by atoms with Gasteiger partial charge in [0.25, 0.3) is 0 Å². The van der Waals surface area contributed by atoms with E-state index >= 15 is 0 Å². The van der Waals surface area contributed by atoms with Crippen molar-refractivity contribution in [3.8, 4) is 11.3 Å². The Kier molecular flexibility index (Phi) is 8.51. The SMILES string of the molecule is Cc1cc(C)cc(-c2[nH]c3sc(C(C)(C)C(=O)N4C5CCC4CC5)cc3c2C(=O)CN2CCN(CC(=O)N3CCNC(=O)C3)CC2)c1. The smallest absolute Gasteiger partial charge is 0.239 e. The number of carbonyl (C=O) groups excluding carboxylic acids is 4. The molecule has 4 aliphatic rings. The number of aromatic nitrogens is 1. The molecule has 2 bridgehead atoms. The Morgan fingerprint density at radius 2 is 1.49 bits per heavy atom. The summed E-state index contributed by atoms with van der Waals surface area (Å²) in [5.41, 5.74) is 4.13. The van der Waals surface area contributed by atoms with Gasteiger partial charge in [0, 0.05) is 61.6 Å². The number of hydrogen-bond donors (Lipinski definition) is 2. The molecular formula is C36H46N6O4S. The summed E-state index contributed by atoms with van der Waals surface area (Å²) in [5.74, 6) is 0.122. The van der Waals surface area contributed by atoms with Gasteiger partial charge in [0.15, 0.2) is 5.78 Å². The number of rotatable bonds is 8. The molecular weight excluding hydrogens is 613 g/mol. The molecule has 4 saturated heterocycles. The Morgan fingerprint density at radius 1 is 0.872 bits per heavy atom. The van der Waals surface area contributed by atoms with E-state index in [0.717, 1.165) is 63.2 Å². The predicted molar refractivity (Wildman–Crippen MR) is 184 cm³/mol. The van der Waals surface area contributed by atoms with Crippen LogP contribution in [0.2, 0.25) is 0 Å². The first-order valence-corrected chi connectivity index (χ1v) is 17.9. The standard InChI is InChI=1S/C36H46N6O4S/c1-22-15-23(2)17-24(16-22)33-32(28(43)19-39-11-13-40(14-12-39)21-31(45)41-10-9-37-30(44)20-41)27-18-29(47-34(27)38-33)36(3,4)35(46)42-25-5-6-26(42)8-7-25/h15-18,25-26,38H,5-14,19-21H2,1-4H3,(H,37,44). The van der Waals surface area contributed by atoms with Gasteiger partial charge in [-0.3, -0.25) is 29.0 Å². The van der Waals surface area contributed by atoms with Gasteiger partial charge in [-0.25, -0.2) is 0 Å². The molecule has 0 radical (unpaired) electrons. The molecule has 250 valence electrons. The molecule has 4 aliphatic heterocycles. The second-order valence-corrected chi connectivity index (χ2v) is 15.6. The number of hydrogen-bond acceptors (Lipinski definition) is 7. The van der Waals surface area contributed by atoms with Crippen LogP contribution in [0.1, 0.15) is 65.9 Å². The topological polar surface area (TPSA) is 109 Å². The lowest BCUT2D eigenvalue weighted by molar-refractivity contribution is -0.139. The fraction of sp³-hybridized carbons (Fsp3) is 0.556. The zero-order valence-electron chi connectivity index (χ0n) is 28.0. The third kappa shape index (κ3) is 6.13. The highest BCUT2D eigenvalue weighted by molar-refractivity contribution is 7.19. The zero-order valence-corrected chi connectivity index (χ0v) is 28.8. The number of ketones is 1. The highest BCUT2D eigenvalue weighted by atomic mass is 32.1. The molecule has 10 nitrogen and oxygen atoms in total. The van der Waals surface area contributed by atoms with Crippen LogP contribution in [0, 0.1) is 13.8 Å². The van der Waals surface area contributed by atoms with Gasteiger partial charge < -0.3 is 20.1 Å². The number of benzene rings is 1. The normalized spacial score (nSPS) is 22.3. The summed E-state index contributed by atoms with van der Waals surface area (Å²) in [6.07, 6.45) is 4.43. The average Bonchev–Trinajstić information content (AvgIpc) is 3.81. The van der Waals surface area contributed by atoms with E-state index in [4.69, 9.17) is 0 Å². The van der Waals surface area contributed by atoms with Gasteiger partial charge >= 0.3 is 0 Å². The summed E-state index contributed by atoms with van der Waals surface area (Å²) < 4.78 is 0. The maximum Gasteiger partial charge on any atom is 0.239 e. The lowest BCUT2D eigenvalue weighted by Gasteiger charge is -2.35. The number of H-pyrrole nitrogens is 1. The van der Waals surface area contributed by atoms with Crippen LogP contribution in [0.25, 0.3) is 21.5 Å². The molecule has 2 aromatic heterocycles. The number of piperazine rings is 2. The molecule has 0 unspecified atom stereocenters. The number of fused-ring (bicyclic) bond motifs is 3. The molecule has 6 heterocycles. The molecule has 11 heteroatoms. The Morgan fingerprint density at radius 3 is 2.11 bits per heavy atom. The van der Waals surface area contributed by atoms with Crippen LogP contribution in [-0.2, 0) is 19.8 Å². The minimum Gasteiger partial charge on any atom is -0.353 e. The molecule has 0 saturated carbocycles. The number of aromatic amines is 1. The molecule has 2 N–H and O–H groups in total. The van der Waals surface area contributed by atoms with E-state index in [-0.39, 0.29) is 43.1 Å². The number of Topliss-reactive ketones (excluding diaryl/α,β-unsaturated/α-hetero) is 1. The van der Waals surface area contributed by atoms with Crippen molar-refractivity contribution in [3.63, 3.8) is 0 Å². The maximum atomic E-state index is 14.3. The minimum absolute atomic E-state index is 0.0239. The van der Waals surface area contributed by atoms with E-state index in [2.05, 4.69) is 63.1 Å². The van der Waals surface area contributed by atoms with Crippen LogP contribution in [0.3, 0.4) is 0 Å². The fourth-order valence-corrected chi connectivity index (χ4v) is 9.28. The third-order valence-corrected chi connectivity index (χ3v) is 12.1. The predicted octanol–water partition coefficient (Wildman–Crippen LogP) is 3.70. The Labute approximate surface area is 280 Å². The van der Waals surface area contributed by atoms with Crippen molar-refractivity contribution in [2.45, 2.75) is 70.9 Å². The van der Waals surface area contributed by atoms with Crippen LogP contribution in [0.5, 0.6) is 0 Å². The molecule has 7 rings (SSSR count). The Bertz CT molecular complexity index is 1690. The molecule has 47 heavy (non-hydrogen) atoms. The minimum atomic E-state index is -0.679. The van der Waals surface area contributed by atoms with Crippen LogP contribution in [0.15, 0.2) is 24.3 Å². The number of aryl methyl sites for hydroxylation is 2. The molecule has 0 spiro atoms. The summed E-state index contributed by atoms with van der Waals surface area (Å²) >= 11 is 1.60. The first-order valence-electron chi connectivity index (χ1n) is 17.1. The van der Waals surface area contributed by atoms with Crippen LogP contribution < -0.4 is 5.32 Å². The van der Waals surface area contributed by atoms with Gasteiger partial charge in [-0.05, 0) is 77.1 Å². The van der Waals surface area contributed by atoms with Gasteiger partial charge in [-0.2, -0.15) is 0 Å². The molecule has 0 atom stereocenters. The summed E-state index contributed by atoms with van der Waals surface area (Å²) in [5, 5.41) is 3.66. The van der Waals surface area contributed by atoms with Crippen LogP contribution in [-0.4, -0.2) is 119 Å². The van der Waals surface area contributed by atoms with E-state index in [9.17, 15) is 19.2 Å². The van der Waals surface area contributed by atoms with Gasteiger partial charge in [0.05, 0.1) is 36.3 Å². The maximum absolute atomic E-state index is 14.3. The quantitative estimate of drug-likeness (QED) is 0.358. The number of amides is 3. The van der Waals surface area contributed by atoms with Crippen LogP contribution >= 0.6 is 11.3 Å². The van der Waals surface area contributed by atoms with E-state index in [1.165, 1.54) is 0 Å². The van der Waals surface area contributed by atoms with Gasteiger partial charge in [0.2, 0.25) is 17.7 Å². The van der Waals surface area contributed by atoms with Crippen molar-refractivity contribution in [1.82, 2.24) is 29.9 Å². The van der Waals surface area contributed by atoms with Crippen molar-refractivity contribution >= 4 is 45.1 Å². The number of nitrogens with zero attached hydrogens (tertiary/aromatic N) is 4. The van der Waals surface area contributed by atoms with Crippen molar-refractivity contribution in [3.05, 3.63) is 45.8 Å². The first kappa shape index (κ1) is 32.0. The van der Waals surface area contributed by atoms with E-state index in [0.29, 0.717) is 56.9 Å². The number of carbonyl (C=O) groups is 4. The monoisotopic (exact) mass is 658 g/mol. The van der Waals surface area contributed by atoms with Gasteiger partial charge in [-0.15, -0.1) is 11.3 Å². The van der Waals surface area contributed by atoms with E-state index in [1.54, 1.807) is 16.2 Å². The third-order valence-electron chi connectivity index (χ3n) is 10.7. The second kappa shape index (κ2) is 12.5. The molecule has 3 amide bonds. The van der Waals surface area contributed by atoms with Crippen LogP contribution in [0.4, 0.5) is 0 Å². The lowest BCUT2D eigenvalue weighted by Crippen LogP contribution is -2.54. The Balaban J connectivity index is 1.11. The summed E-state index contributed by atoms with van der Waals surface area (Å²) in [6.45, 7) is 12.7. The van der Waals surface area contributed by atoms with Crippen molar-refractivity contribution in [2.75, 3.05) is 58.9 Å². The first-order chi connectivity index (χ1) is 22.5. The fourth-order valence-electron chi connectivity index (χ4n) is 8.12. The summed E-state index contributed by atoms with van der Waals surface area (Å²) in [4.78, 5) is 66.4. The molecule has 3 aromatic rings. The lowest BCUT2D eigenvalue weighted by atomic mass is 9.88. The van der Waals surface area contributed by atoms with Crippen molar-refractivity contribution in [2.24, 2.45) is 0 Å². The van der Waals surface area contributed by atoms with Crippen molar-refractivity contribution in [1.29, 1.82) is 0 Å². The van der Waals surface area contributed by atoms with Crippen molar-refractivity contribution < 1.29 is 19.2 Å². The molecule has 0 aliphatic carbocycles. The van der Waals surface area contributed by atoms with Gasteiger partial charge in [-0.1, -0.05) is 17.2 Å². The highest BCUT2D eigenvalue weighted by Gasteiger charge is 2.47. The highest BCUT2D eigenvalue weighted by Crippen LogP contribution is 2.44. The number of thiophene rings is 1. The average molecular weight is 659 g/mol. The summed E-state index contributed by atoms with van der Waals surface area (Å²) in [6, 6.07) is 9.22. The number of nitrogens with one attached hydrogen (secondary N) is 2. The molecule has 4 fully saturated rings. The van der Waals surface area contributed by atoms with Gasteiger partial charge in [0.1, 0.15) is 4.83 Å². The second-order valence-electron chi connectivity index (χ2n) is 14.5. The molecule has 1 aromatic carbocycles.